The van der Waals surface area contributed by atoms with Gasteiger partial charge in [0.15, 0.2) is 0 Å². The van der Waals surface area contributed by atoms with Crippen LogP contribution in [0.15, 0.2) is 47.2 Å². The number of hydrogen-bond acceptors (Lipinski definition) is 5. The maximum atomic E-state index is 12.6. The average molecular weight is 378 g/mol. The Bertz CT molecular complexity index is 935. The molecule has 0 aliphatic heterocycles. The summed E-state index contributed by atoms with van der Waals surface area (Å²) in [6, 6.07) is 9.63. The van der Waals surface area contributed by atoms with Crippen molar-refractivity contribution >= 4 is 5.91 Å². The number of pyridine rings is 1. The molecule has 0 fully saturated rings. The van der Waals surface area contributed by atoms with Crippen LogP contribution in [0, 0.1) is 19.8 Å². The zero-order valence-electron chi connectivity index (χ0n) is 16.8. The number of hydrogen-bond donors (Lipinski definition) is 1. The third kappa shape index (κ3) is 4.82. The Morgan fingerprint density at radius 2 is 1.89 bits per heavy atom. The molecule has 0 aliphatic rings. The molecule has 1 aromatic carbocycles. The van der Waals surface area contributed by atoms with Gasteiger partial charge in [-0.05, 0) is 49.4 Å². The fraction of sp³-hybridized carbons (Fsp3) is 0.364. The Morgan fingerprint density at radius 3 is 2.57 bits per heavy atom. The summed E-state index contributed by atoms with van der Waals surface area (Å²) in [5, 5.41) is 7.10. The number of rotatable bonds is 7. The van der Waals surface area contributed by atoms with Crippen LogP contribution in [0.1, 0.15) is 48.9 Å². The molecule has 6 nitrogen and oxygen atoms in total. The van der Waals surface area contributed by atoms with E-state index < -0.39 is 0 Å². The minimum absolute atomic E-state index is 0.0256. The predicted octanol–water partition coefficient (Wildman–Crippen LogP) is 4.19. The Balaban J connectivity index is 1.66. The topological polar surface area (TPSA) is 80.9 Å². The molecule has 1 atom stereocenters. The Kier molecular flexibility index (Phi) is 6.19. The zero-order chi connectivity index (χ0) is 20.1. The molecule has 3 rings (SSSR count). The molecular weight excluding hydrogens is 352 g/mol. The van der Waals surface area contributed by atoms with E-state index in [4.69, 9.17) is 4.52 Å². The first-order valence-electron chi connectivity index (χ1n) is 9.53. The van der Waals surface area contributed by atoms with Gasteiger partial charge in [-0.15, -0.1) is 0 Å². The first kappa shape index (κ1) is 19.7. The van der Waals surface area contributed by atoms with Gasteiger partial charge in [0.05, 0.1) is 0 Å². The molecule has 1 N–H and O–H groups in total. The molecule has 0 aliphatic carbocycles. The third-order valence-corrected chi connectivity index (χ3v) is 4.75. The van der Waals surface area contributed by atoms with Gasteiger partial charge in [-0.2, -0.15) is 4.98 Å². The molecule has 2 heterocycles. The van der Waals surface area contributed by atoms with Crippen molar-refractivity contribution in [2.24, 2.45) is 5.92 Å². The number of aromatic nitrogens is 3. The van der Waals surface area contributed by atoms with Gasteiger partial charge in [0.1, 0.15) is 6.04 Å². The highest BCUT2D eigenvalue weighted by atomic mass is 16.5. The molecule has 0 radical (unpaired) electrons. The number of amides is 1. The van der Waals surface area contributed by atoms with Crippen LogP contribution < -0.4 is 5.32 Å². The van der Waals surface area contributed by atoms with E-state index >= 15 is 0 Å². The SMILES string of the molecule is Cc1ccc(CCC(=O)N[C@H](c2nc(-c3ccncc3)no2)C(C)C)c(C)c1. The van der Waals surface area contributed by atoms with Crippen LogP contribution in [-0.4, -0.2) is 21.0 Å². The monoisotopic (exact) mass is 378 g/mol. The van der Waals surface area contributed by atoms with Crippen molar-refractivity contribution in [1.82, 2.24) is 20.4 Å². The fourth-order valence-electron chi connectivity index (χ4n) is 3.11. The van der Waals surface area contributed by atoms with Crippen molar-refractivity contribution in [2.75, 3.05) is 0 Å². The molecular formula is C22H26N4O2. The van der Waals surface area contributed by atoms with E-state index in [1.165, 1.54) is 16.7 Å². The van der Waals surface area contributed by atoms with E-state index in [1.54, 1.807) is 12.4 Å². The highest BCUT2D eigenvalue weighted by molar-refractivity contribution is 5.76. The number of nitrogens with one attached hydrogen (secondary N) is 1. The van der Waals surface area contributed by atoms with Gasteiger partial charge in [0.2, 0.25) is 17.6 Å². The van der Waals surface area contributed by atoms with E-state index in [9.17, 15) is 4.79 Å². The molecule has 6 heteroatoms. The molecule has 146 valence electrons. The maximum absolute atomic E-state index is 12.6. The van der Waals surface area contributed by atoms with Crippen molar-refractivity contribution in [3.63, 3.8) is 0 Å². The smallest absolute Gasteiger partial charge is 0.249 e. The van der Waals surface area contributed by atoms with Gasteiger partial charge >= 0.3 is 0 Å². The van der Waals surface area contributed by atoms with E-state index in [2.05, 4.69) is 52.5 Å². The largest absolute Gasteiger partial charge is 0.344 e. The number of carbonyl (C=O) groups is 1. The number of aryl methyl sites for hydroxylation is 3. The predicted molar refractivity (Wildman–Crippen MR) is 107 cm³/mol. The Hall–Kier alpha value is -3.02. The Morgan fingerprint density at radius 1 is 1.14 bits per heavy atom. The molecule has 1 amide bonds. The van der Waals surface area contributed by atoms with E-state index in [0.717, 1.165) is 5.56 Å². The summed E-state index contributed by atoms with van der Waals surface area (Å²) in [5.41, 5.74) is 4.47. The number of benzene rings is 1. The number of nitrogens with zero attached hydrogens (tertiary/aromatic N) is 3. The molecule has 0 spiro atoms. The summed E-state index contributed by atoms with van der Waals surface area (Å²) in [7, 11) is 0. The van der Waals surface area contributed by atoms with Crippen LogP contribution in [0.5, 0.6) is 0 Å². The number of carbonyl (C=O) groups excluding carboxylic acids is 1. The summed E-state index contributed by atoms with van der Waals surface area (Å²) in [4.78, 5) is 21.0. The van der Waals surface area contributed by atoms with Crippen LogP contribution in [0.3, 0.4) is 0 Å². The first-order chi connectivity index (χ1) is 13.4. The lowest BCUT2D eigenvalue weighted by atomic mass is 10.0. The van der Waals surface area contributed by atoms with E-state index in [1.807, 2.05) is 26.0 Å². The highest BCUT2D eigenvalue weighted by Crippen LogP contribution is 2.23. The van der Waals surface area contributed by atoms with E-state index in [-0.39, 0.29) is 17.9 Å². The van der Waals surface area contributed by atoms with Crippen molar-refractivity contribution in [3.05, 3.63) is 65.3 Å². The quantitative estimate of drug-likeness (QED) is 0.666. The van der Waals surface area contributed by atoms with Crippen molar-refractivity contribution < 1.29 is 9.32 Å². The van der Waals surface area contributed by atoms with Crippen molar-refractivity contribution in [3.8, 4) is 11.4 Å². The third-order valence-electron chi connectivity index (χ3n) is 4.75. The van der Waals surface area contributed by atoms with Crippen molar-refractivity contribution in [2.45, 2.75) is 46.6 Å². The standard InChI is InChI=1S/C22H26N4O2/c1-14(2)20(22-25-21(26-28-22)18-9-11-23-12-10-18)24-19(27)8-7-17-6-5-15(3)13-16(17)4/h5-6,9-14,20H,7-8H2,1-4H3,(H,24,27)/t20-/m0/s1. The van der Waals surface area contributed by atoms with Crippen molar-refractivity contribution in [1.29, 1.82) is 0 Å². The van der Waals surface area contributed by atoms with Crippen LogP contribution >= 0.6 is 0 Å². The van der Waals surface area contributed by atoms with Gasteiger partial charge < -0.3 is 9.84 Å². The van der Waals surface area contributed by atoms with Crippen LogP contribution in [0.2, 0.25) is 0 Å². The summed E-state index contributed by atoms with van der Waals surface area (Å²) in [5.74, 6) is 1.01. The second kappa shape index (κ2) is 8.78. The van der Waals surface area contributed by atoms with Crippen LogP contribution in [0.25, 0.3) is 11.4 Å². The lowest BCUT2D eigenvalue weighted by molar-refractivity contribution is -0.122. The highest BCUT2D eigenvalue weighted by Gasteiger charge is 2.24. The lowest BCUT2D eigenvalue weighted by Crippen LogP contribution is -2.32. The Labute approximate surface area is 165 Å². The molecule has 0 saturated carbocycles. The first-order valence-corrected chi connectivity index (χ1v) is 9.53. The summed E-state index contributed by atoms with van der Waals surface area (Å²) < 4.78 is 5.44. The second-order valence-electron chi connectivity index (χ2n) is 7.41. The van der Waals surface area contributed by atoms with Gasteiger partial charge in [0, 0.05) is 24.4 Å². The molecule has 0 saturated heterocycles. The molecule has 28 heavy (non-hydrogen) atoms. The van der Waals surface area contributed by atoms with Gasteiger partial charge in [-0.3, -0.25) is 9.78 Å². The molecule has 0 bridgehead atoms. The van der Waals surface area contributed by atoms with Gasteiger partial charge in [0.25, 0.3) is 0 Å². The lowest BCUT2D eigenvalue weighted by Gasteiger charge is -2.18. The van der Waals surface area contributed by atoms with Crippen LogP contribution in [0.4, 0.5) is 0 Å². The summed E-state index contributed by atoms with van der Waals surface area (Å²) in [6.07, 6.45) is 4.48. The second-order valence-corrected chi connectivity index (χ2v) is 7.41. The average Bonchev–Trinajstić information content (AvgIpc) is 3.15. The maximum Gasteiger partial charge on any atom is 0.249 e. The minimum Gasteiger partial charge on any atom is -0.344 e. The molecule has 0 unspecified atom stereocenters. The van der Waals surface area contributed by atoms with E-state index in [0.29, 0.717) is 24.6 Å². The fourth-order valence-corrected chi connectivity index (χ4v) is 3.11. The molecule has 2 aromatic heterocycles. The minimum atomic E-state index is -0.324. The zero-order valence-corrected chi connectivity index (χ0v) is 16.8. The van der Waals surface area contributed by atoms with Crippen LogP contribution in [-0.2, 0) is 11.2 Å². The van der Waals surface area contributed by atoms with Gasteiger partial charge in [-0.1, -0.05) is 42.8 Å². The molecule has 3 aromatic rings. The van der Waals surface area contributed by atoms with Gasteiger partial charge in [-0.25, -0.2) is 0 Å². The summed E-state index contributed by atoms with van der Waals surface area (Å²) in [6.45, 7) is 8.19. The summed E-state index contributed by atoms with van der Waals surface area (Å²) >= 11 is 0. The normalized spacial score (nSPS) is 12.2.